The molecule has 0 aliphatic heterocycles. The van der Waals surface area contributed by atoms with Gasteiger partial charge in [0.1, 0.15) is 10.6 Å². The van der Waals surface area contributed by atoms with Crippen molar-refractivity contribution < 1.29 is 17.9 Å². The Kier molecular flexibility index (Phi) is 6.99. The maximum Gasteiger partial charge on any atom is 0.251 e. The van der Waals surface area contributed by atoms with Crippen LogP contribution in [0.1, 0.15) is 72.6 Å². The molecule has 1 atom stereocenters. The zero-order valence-corrected chi connectivity index (χ0v) is 19.4. The van der Waals surface area contributed by atoms with Crippen LogP contribution < -0.4 is 14.8 Å². The summed E-state index contributed by atoms with van der Waals surface area (Å²) < 4.78 is 34.2. The van der Waals surface area contributed by atoms with Crippen molar-refractivity contribution in [3.8, 4) is 5.75 Å². The lowest BCUT2D eigenvalue weighted by Gasteiger charge is -2.24. The maximum absolute atomic E-state index is 13.2. The highest BCUT2D eigenvalue weighted by Crippen LogP contribution is 2.37. The first-order chi connectivity index (χ1) is 15.0. The van der Waals surface area contributed by atoms with E-state index in [1.807, 2.05) is 11.4 Å². The van der Waals surface area contributed by atoms with Crippen molar-refractivity contribution in [3.63, 3.8) is 0 Å². The van der Waals surface area contributed by atoms with Gasteiger partial charge in [0.25, 0.3) is 5.91 Å². The second kappa shape index (κ2) is 9.71. The van der Waals surface area contributed by atoms with Gasteiger partial charge in [-0.25, -0.2) is 13.1 Å². The molecule has 2 aliphatic rings. The summed E-state index contributed by atoms with van der Waals surface area (Å²) >= 11 is 1.65. The van der Waals surface area contributed by atoms with Crippen LogP contribution in [0.5, 0.6) is 5.75 Å². The number of carbonyl (C=O) groups excluding carboxylic acids is 1. The van der Waals surface area contributed by atoms with Gasteiger partial charge in [-0.1, -0.05) is 31.7 Å². The fourth-order valence-corrected chi connectivity index (χ4v) is 7.13. The lowest BCUT2D eigenvalue weighted by atomic mass is 9.96. The highest BCUT2D eigenvalue weighted by atomic mass is 32.2. The average Bonchev–Trinajstić information content (AvgIpc) is 3.55. The van der Waals surface area contributed by atoms with Crippen LogP contribution in [0.3, 0.4) is 0 Å². The van der Waals surface area contributed by atoms with Crippen molar-refractivity contribution in [2.45, 2.75) is 68.3 Å². The molecule has 1 aromatic heterocycles. The van der Waals surface area contributed by atoms with Crippen LogP contribution in [0, 0.1) is 5.92 Å². The van der Waals surface area contributed by atoms with Crippen LogP contribution in [-0.2, 0) is 10.0 Å². The molecule has 0 spiro atoms. The van der Waals surface area contributed by atoms with Crippen molar-refractivity contribution in [2.75, 3.05) is 7.11 Å². The molecule has 2 aliphatic carbocycles. The van der Waals surface area contributed by atoms with E-state index in [-0.39, 0.29) is 28.6 Å². The van der Waals surface area contributed by atoms with Crippen molar-refractivity contribution in [1.29, 1.82) is 0 Å². The maximum atomic E-state index is 13.2. The quantitative estimate of drug-likeness (QED) is 0.599. The molecule has 1 heterocycles. The summed E-state index contributed by atoms with van der Waals surface area (Å²) in [5.74, 6) is 0.394. The third kappa shape index (κ3) is 5.13. The van der Waals surface area contributed by atoms with Gasteiger partial charge in [0.05, 0.1) is 13.2 Å². The van der Waals surface area contributed by atoms with Gasteiger partial charge in [0.2, 0.25) is 10.0 Å². The molecule has 31 heavy (non-hydrogen) atoms. The summed E-state index contributed by atoms with van der Waals surface area (Å²) in [6.07, 6.45) is 8.28. The summed E-state index contributed by atoms with van der Waals surface area (Å²) in [6, 6.07) is 8.58. The lowest BCUT2D eigenvalue weighted by Crippen LogP contribution is -2.34. The molecular weight excluding hydrogens is 432 g/mol. The zero-order valence-electron chi connectivity index (χ0n) is 17.8. The number of hydrogen-bond acceptors (Lipinski definition) is 5. The normalized spacial score (nSPS) is 18.9. The van der Waals surface area contributed by atoms with Crippen LogP contribution in [0.25, 0.3) is 0 Å². The Labute approximate surface area is 188 Å². The first-order valence-corrected chi connectivity index (χ1v) is 13.4. The van der Waals surface area contributed by atoms with E-state index in [9.17, 15) is 13.2 Å². The topological polar surface area (TPSA) is 84.5 Å². The Balaban J connectivity index is 1.58. The SMILES string of the molecule is COc1ccc(C(=O)NC(c2cccs2)C2CCCC2)cc1S(=O)(=O)NC1CCCC1. The molecule has 2 N–H and O–H groups in total. The van der Waals surface area contributed by atoms with E-state index in [1.165, 1.54) is 26.0 Å². The minimum Gasteiger partial charge on any atom is -0.495 e. The highest BCUT2D eigenvalue weighted by Gasteiger charge is 2.30. The number of amides is 1. The van der Waals surface area contributed by atoms with E-state index in [4.69, 9.17) is 4.74 Å². The van der Waals surface area contributed by atoms with Gasteiger partial charge in [-0.2, -0.15) is 0 Å². The number of methoxy groups -OCH3 is 1. The summed E-state index contributed by atoms with van der Waals surface area (Å²) in [6.45, 7) is 0. The van der Waals surface area contributed by atoms with Gasteiger partial charge >= 0.3 is 0 Å². The number of thiophene rings is 1. The second-order valence-corrected chi connectivity index (χ2v) is 11.1. The molecule has 168 valence electrons. The van der Waals surface area contributed by atoms with Gasteiger partial charge in [-0.3, -0.25) is 4.79 Å². The van der Waals surface area contributed by atoms with Crippen molar-refractivity contribution in [3.05, 3.63) is 46.2 Å². The summed E-state index contributed by atoms with van der Waals surface area (Å²) in [4.78, 5) is 14.3. The van der Waals surface area contributed by atoms with Crippen LogP contribution >= 0.6 is 11.3 Å². The molecule has 8 heteroatoms. The van der Waals surface area contributed by atoms with Crippen LogP contribution in [0.4, 0.5) is 0 Å². The molecule has 0 saturated heterocycles. The molecular formula is C23H30N2O4S2. The Morgan fingerprint density at radius 2 is 1.81 bits per heavy atom. The highest BCUT2D eigenvalue weighted by molar-refractivity contribution is 7.89. The fraction of sp³-hybridized carbons (Fsp3) is 0.522. The molecule has 6 nitrogen and oxygen atoms in total. The van der Waals surface area contributed by atoms with Gasteiger partial charge in [0, 0.05) is 16.5 Å². The average molecular weight is 463 g/mol. The minimum atomic E-state index is -3.78. The molecule has 1 unspecified atom stereocenters. The van der Waals surface area contributed by atoms with Gasteiger partial charge in [-0.15, -0.1) is 11.3 Å². The monoisotopic (exact) mass is 462 g/mol. The van der Waals surface area contributed by atoms with E-state index in [0.29, 0.717) is 11.5 Å². The smallest absolute Gasteiger partial charge is 0.251 e. The lowest BCUT2D eigenvalue weighted by molar-refractivity contribution is 0.0922. The molecule has 0 bridgehead atoms. The van der Waals surface area contributed by atoms with Crippen molar-refractivity contribution >= 4 is 27.3 Å². The summed E-state index contributed by atoms with van der Waals surface area (Å²) in [7, 11) is -2.34. The Hall–Kier alpha value is -1.90. The standard InChI is InChI=1S/C23H30N2O4S2/c1-29-19-13-12-17(15-21(19)31(27,28)25-18-9-4-5-10-18)23(26)24-22(16-7-2-3-8-16)20-11-6-14-30-20/h6,11-16,18,22,25H,2-5,7-10H2,1H3,(H,24,26). The number of benzene rings is 1. The molecule has 1 aromatic carbocycles. The molecule has 2 fully saturated rings. The van der Waals surface area contributed by atoms with Crippen molar-refractivity contribution in [1.82, 2.24) is 10.0 Å². The van der Waals surface area contributed by atoms with E-state index in [0.717, 1.165) is 43.4 Å². The third-order valence-electron chi connectivity index (χ3n) is 6.40. The minimum absolute atomic E-state index is 0.0167. The summed E-state index contributed by atoms with van der Waals surface area (Å²) in [5.41, 5.74) is 0.326. The number of hydrogen-bond donors (Lipinski definition) is 2. The number of rotatable bonds is 8. The van der Waals surface area contributed by atoms with Gasteiger partial charge in [0.15, 0.2) is 0 Å². The van der Waals surface area contributed by atoms with Crippen LogP contribution in [-0.4, -0.2) is 27.5 Å². The number of carbonyl (C=O) groups is 1. The van der Waals surface area contributed by atoms with E-state index in [1.54, 1.807) is 23.5 Å². The van der Waals surface area contributed by atoms with Crippen LogP contribution in [0.15, 0.2) is 40.6 Å². The first-order valence-electron chi connectivity index (χ1n) is 11.0. The van der Waals surface area contributed by atoms with E-state index < -0.39 is 10.0 Å². The molecule has 2 aromatic rings. The van der Waals surface area contributed by atoms with Crippen LogP contribution in [0.2, 0.25) is 0 Å². The molecule has 4 rings (SSSR count). The molecule has 0 radical (unpaired) electrons. The van der Waals surface area contributed by atoms with Gasteiger partial charge in [-0.05, 0) is 61.2 Å². The Morgan fingerprint density at radius 1 is 1.10 bits per heavy atom. The Bertz CT molecular complexity index is 993. The molecule has 2 saturated carbocycles. The Morgan fingerprint density at radius 3 is 2.45 bits per heavy atom. The van der Waals surface area contributed by atoms with E-state index in [2.05, 4.69) is 16.1 Å². The van der Waals surface area contributed by atoms with Gasteiger partial charge < -0.3 is 10.1 Å². The number of ether oxygens (including phenoxy) is 1. The second-order valence-electron chi connectivity index (χ2n) is 8.48. The number of nitrogens with one attached hydrogen (secondary N) is 2. The largest absolute Gasteiger partial charge is 0.495 e. The summed E-state index contributed by atoms with van der Waals surface area (Å²) in [5, 5.41) is 5.21. The molecule has 1 amide bonds. The van der Waals surface area contributed by atoms with Crippen molar-refractivity contribution in [2.24, 2.45) is 5.92 Å². The third-order valence-corrected chi connectivity index (χ3v) is 8.90. The first kappa shape index (κ1) is 22.3. The predicted octanol–water partition coefficient (Wildman–Crippen LogP) is 4.64. The number of sulfonamides is 1. The fourth-order valence-electron chi connectivity index (χ4n) is 4.76. The predicted molar refractivity (Wildman–Crippen MR) is 122 cm³/mol. The van der Waals surface area contributed by atoms with E-state index >= 15 is 0 Å². The zero-order chi connectivity index (χ0) is 21.8.